The highest BCUT2D eigenvalue weighted by molar-refractivity contribution is 7.90. The maximum absolute atomic E-state index is 11.0. The summed E-state index contributed by atoms with van der Waals surface area (Å²) >= 11 is 0. The lowest BCUT2D eigenvalue weighted by Crippen LogP contribution is -2.24. The van der Waals surface area contributed by atoms with Gasteiger partial charge in [-0.3, -0.25) is 0 Å². The van der Waals surface area contributed by atoms with Gasteiger partial charge in [0, 0.05) is 0 Å². The van der Waals surface area contributed by atoms with Crippen molar-refractivity contribution in [2.24, 2.45) is 10.6 Å². The van der Waals surface area contributed by atoms with Crippen molar-refractivity contribution in [3.8, 4) is 0 Å². The van der Waals surface area contributed by atoms with Crippen molar-refractivity contribution < 1.29 is 8.42 Å². The summed E-state index contributed by atoms with van der Waals surface area (Å²) in [7, 11) is -3.24. The van der Waals surface area contributed by atoms with Gasteiger partial charge in [0.25, 0.3) is 0 Å². The highest BCUT2D eigenvalue weighted by atomic mass is 32.2. The molecule has 1 unspecified atom stereocenters. The molecule has 0 bridgehead atoms. The zero-order chi connectivity index (χ0) is 8.82. The quantitative estimate of drug-likeness (QED) is 0.669. The van der Waals surface area contributed by atoms with Crippen LogP contribution in [0.5, 0.6) is 0 Å². The van der Waals surface area contributed by atoms with Crippen LogP contribution in [0.1, 0.15) is 38.5 Å². The van der Waals surface area contributed by atoms with E-state index < -0.39 is 10.0 Å². The average Bonchev–Trinajstić information content (AvgIpc) is 2.65. The van der Waals surface area contributed by atoms with Crippen molar-refractivity contribution in [3.63, 3.8) is 0 Å². The fourth-order valence-corrected chi connectivity index (χ4v) is 4.05. The first kappa shape index (κ1) is 8.51. The highest BCUT2D eigenvalue weighted by Crippen LogP contribution is 2.58. The molecule has 4 heteroatoms. The first-order valence-electron chi connectivity index (χ1n) is 4.56. The van der Waals surface area contributed by atoms with E-state index in [1.807, 2.05) is 0 Å². The number of primary sulfonamides is 1. The van der Waals surface area contributed by atoms with Gasteiger partial charge in [-0.1, -0.05) is 19.3 Å². The van der Waals surface area contributed by atoms with Crippen molar-refractivity contribution in [1.82, 2.24) is 0 Å². The second-order valence-corrected chi connectivity index (χ2v) is 5.95. The molecule has 0 aromatic heterocycles. The van der Waals surface area contributed by atoms with Crippen molar-refractivity contribution >= 4 is 10.0 Å². The third kappa shape index (κ3) is 1.27. The first-order valence-corrected chi connectivity index (χ1v) is 6.17. The van der Waals surface area contributed by atoms with Crippen LogP contribution in [0.4, 0.5) is 0 Å². The van der Waals surface area contributed by atoms with Crippen LogP contribution in [-0.4, -0.2) is 13.7 Å². The van der Waals surface area contributed by atoms with E-state index in [9.17, 15) is 8.42 Å². The molecule has 0 aromatic carbocycles. The third-order valence-electron chi connectivity index (χ3n) is 3.36. The number of nitrogens with two attached hydrogens (primary N) is 1. The Hall–Kier alpha value is -0.0900. The molecule has 2 rings (SSSR count). The average molecular weight is 189 g/mol. The Kier molecular flexibility index (Phi) is 1.74. The lowest BCUT2D eigenvalue weighted by Gasteiger charge is -2.21. The van der Waals surface area contributed by atoms with Gasteiger partial charge in [-0.05, 0) is 24.7 Å². The van der Waals surface area contributed by atoms with Crippen LogP contribution < -0.4 is 5.14 Å². The van der Waals surface area contributed by atoms with Gasteiger partial charge in [0.2, 0.25) is 10.0 Å². The van der Waals surface area contributed by atoms with Crippen LogP contribution in [-0.2, 0) is 10.0 Å². The normalized spacial score (nSPS) is 33.6. The number of rotatable bonds is 1. The van der Waals surface area contributed by atoms with E-state index in [2.05, 4.69) is 0 Å². The molecule has 0 saturated heterocycles. The lowest BCUT2D eigenvalue weighted by atomic mass is 9.86. The topological polar surface area (TPSA) is 60.2 Å². The molecule has 70 valence electrons. The van der Waals surface area contributed by atoms with Crippen LogP contribution in [0.3, 0.4) is 0 Å². The Bertz CT molecular complexity index is 277. The van der Waals surface area contributed by atoms with Crippen LogP contribution in [0.2, 0.25) is 0 Å². The Morgan fingerprint density at radius 1 is 1.17 bits per heavy atom. The van der Waals surface area contributed by atoms with E-state index in [1.54, 1.807) is 0 Å². The van der Waals surface area contributed by atoms with Crippen LogP contribution in [0, 0.1) is 5.41 Å². The molecule has 0 aromatic rings. The summed E-state index contributed by atoms with van der Waals surface area (Å²) in [6.07, 6.45) is 6.62. The fourth-order valence-electron chi connectivity index (χ4n) is 2.56. The minimum Gasteiger partial charge on any atom is -0.228 e. The minimum absolute atomic E-state index is 0.117. The second kappa shape index (κ2) is 2.45. The summed E-state index contributed by atoms with van der Waals surface area (Å²) in [4.78, 5) is 0. The molecular formula is C8H15NO2S. The number of hydrogen-bond acceptors (Lipinski definition) is 2. The van der Waals surface area contributed by atoms with E-state index in [0.717, 1.165) is 19.3 Å². The summed E-state index contributed by atoms with van der Waals surface area (Å²) in [5, 5.41) is 4.92. The van der Waals surface area contributed by atoms with Gasteiger partial charge < -0.3 is 0 Å². The Balaban J connectivity index is 2.09. The first-order chi connectivity index (χ1) is 5.55. The van der Waals surface area contributed by atoms with Crippen molar-refractivity contribution in [2.45, 2.75) is 43.8 Å². The summed E-state index contributed by atoms with van der Waals surface area (Å²) in [5.74, 6) is 0. The largest absolute Gasteiger partial charge is 0.228 e. The molecule has 0 aliphatic heterocycles. The lowest BCUT2D eigenvalue weighted by molar-refractivity contribution is 0.337. The van der Waals surface area contributed by atoms with Gasteiger partial charge in [0.05, 0.1) is 5.25 Å². The van der Waals surface area contributed by atoms with Crippen molar-refractivity contribution in [1.29, 1.82) is 0 Å². The van der Waals surface area contributed by atoms with Gasteiger partial charge >= 0.3 is 0 Å². The van der Waals surface area contributed by atoms with Crippen LogP contribution in [0.25, 0.3) is 0 Å². The molecule has 2 aliphatic carbocycles. The van der Waals surface area contributed by atoms with Gasteiger partial charge in [0.15, 0.2) is 0 Å². The van der Waals surface area contributed by atoms with Crippen LogP contribution in [0.15, 0.2) is 0 Å². The molecule has 0 heterocycles. The molecule has 12 heavy (non-hydrogen) atoms. The number of hydrogen-bond donors (Lipinski definition) is 1. The Morgan fingerprint density at radius 3 is 2.17 bits per heavy atom. The minimum atomic E-state index is -3.24. The second-order valence-electron chi connectivity index (χ2n) is 4.20. The van der Waals surface area contributed by atoms with Gasteiger partial charge in [0.1, 0.15) is 0 Å². The van der Waals surface area contributed by atoms with Gasteiger partial charge in [-0.2, -0.15) is 0 Å². The molecule has 2 aliphatic rings. The third-order valence-corrected chi connectivity index (χ3v) is 4.82. The SMILES string of the molecule is NS(=O)(=O)C1CC12CCCCC2. The standard InChI is InChI=1S/C8H15NO2S/c9-12(10,11)7-6-8(7)4-2-1-3-5-8/h7H,1-6H2,(H2,9,10,11). The van der Waals surface area contributed by atoms with E-state index in [-0.39, 0.29) is 10.7 Å². The summed E-state index contributed by atoms with van der Waals surface area (Å²) in [6.45, 7) is 0. The van der Waals surface area contributed by atoms with Crippen molar-refractivity contribution in [3.05, 3.63) is 0 Å². The summed E-state index contributed by atoms with van der Waals surface area (Å²) in [6, 6.07) is 0. The maximum atomic E-state index is 11.0. The summed E-state index contributed by atoms with van der Waals surface area (Å²) in [5.41, 5.74) is 0.117. The van der Waals surface area contributed by atoms with E-state index in [1.165, 1.54) is 19.3 Å². The molecule has 1 spiro atoms. The zero-order valence-electron chi connectivity index (χ0n) is 7.12. The smallest absolute Gasteiger partial charge is 0.212 e. The molecule has 2 fully saturated rings. The van der Waals surface area contributed by atoms with Gasteiger partial charge in [-0.15, -0.1) is 0 Å². The zero-order valence-corrected chi connectivity index (χ0v) is 7.94. The molecule has 2 N–H and O–H groups in total. The Labute approximate surface area is 73.4 Å². The van der Waals surface area contributed by atoms with Crippen LogP contribution >= 0.6 is 0 Å². The van der Waals surface area contributed by atoms with E-state index in [0.29, 0.717) is 0 Å². The Morgan fingerprint density at radius 2 is 1.75 bits per heavy atom. The van der Waals surface area contributed by atoms with Crippen molar-refractivity contribution in [2.75, 3.05) is 0 Å². The molecule has 2 saturated carbocycles. The monoisotopic (exact) mass is 189 g/mol. The fraction of sp³-hybridized carbons (Fsp3) is 1.00. The maximum Gasteiger partial charge on any atom is 0.212 e. The van der Waals surface area contributed by atoms with E-state index >= 15 is 0 Å². The molecular weight excluding hydrogens is 174 g/mol. The molecule has 0 radical (unpaired) electrons. The predicted octanol–water partition coefficient (Wildman–Crippen LogP) is 0.998. The molecule has 0 amide bonds. The molecule has 3 nitrogen and oxygen atoms in total. The highest BCUT2D eigenvalue weighted by Gasteiger charge is 2.59. The summed E-state index contributed by atoms with van der Waals surface area (Å²) < 4.78 is 22.1. The predicted molar refractivity (Wildman–Crippen MR) is 47.0 cm³/mol. The molecule has 1 atom stereocenters. The number of sulfonamides is 1. The van der Waals surface area contributed by atoms with Gasteiger partial charge in [-0.25, -0.2) is 13.6 Å². The van der Waals surface area contributed by atoms with E-state index in [4.69, 9.17) is 5.14 Å².